The van der Waals surface area contributed by atoms with Gasteiger partial charge in [0.05, 0.1) is 0 Å². The fourth-order valence-corrected chi connectivity index (χ4v) is 8.81. The van der Waals surface area contributed by atoms with Gasteiger partial charge in [-0.2, -0.15) is 0 Å². The largest absolute Gasteiger partial charge is 0.207 e. The van der Waals surface area contributed by atoms with Crippen molar-refractivity contribution >= 4 is 0 Å². The number of hydrogen-bond donors (Lipinski definition) is 0. The second-order valence-corrected chi connectivity index (χ2v) is 14.2. The Bertz CT molecular complexity index is 1060. The SMILES string of the molecule is CCCCCC1CCC(C2CCC(c3ccc(C4CCC(c5ccc(CCCC)c(F)c5)CC4)c(F)c3)CC2)CC1. The fraction of sp³-hybridized carbons (Fsp3) is 0.692. The van der Waals surface area contributed by atoms with E-state index in [0.717, 1.165) is 79.4 Å². The maximum atomic E-state index is 15.5. The number of aryl methyl sites for hydroxylation is 1. The average molecular weight is 563 g/mol. The molecule has 0 atom stereocenters. The van der Waals surface area contributed by atoms with E-state index in [1.165, 1.54) is 82.6 Å². The number of rotatable bonds is 11. The summed E-state index contributed by atoms with van der Waals surface area (Å²) in [5.74, 6) is 4.05. The molecule has 0 radical (unpaired) electrons. The minimum absolute atomic E-state index is 0.0146. The molecule has 5 rings (SSSR count). The zero-order valence-electron chi connectivity index (χ0n) is 26.1. The number of unbranched alkanes of at least 4 members (excludes halogenated alkanes) is 3. The summed E-state index contributed by atoms with van der Waals surface area (Å²) in [5.41, 5.74) is 4.13. The zero-order chi connectivity index (χ0) is 28.6. The maximum absolute atomic E-state index is 15.5. The third kappa shape index (κ3) is 8.03. The van der Waals surface area contributed by atoms with E-state index in [0.29, 0.717) is 17.8 Å². The molecule has 2 heteroatoms. The molecule has 0 unspecified atom stereocenters. The first-order valence-corrected chi connectivity index (χ1v) is 17.6. The molecule has 3 aliphatic carbocycles. The van der Waals surface area contributed by atoms with Crippen molar-refractivity contribution in [2.75, 3.05) is 0 Å². The Balaban J connectivity index is 1.08. The van der Waals surface area contributed by atoms with Crippen molar-refractivity contribution in [3.05, 3.63) is 70.3 Å². The van der Waals surface area contributed by atoms with Crippen molar-refractivity contribution in [2.24, 2.45) is 17.8 Å². The molecule has 226 valence electrons. The predicted molar refractivity (Wildman–Crippen MR) is 170 cm³/mol. The molecule has 0 heterocycles. The van der Waals surface area contributed by atoms with Gasteiger partial charge in [-0.3, -0.25) is 0 Å². The number of halogens is 2. The highest BCUT2D eigenvalue weighted by Crippen LogP contribution is 2.46. The lowest BCUT2D eigenvalue weighted by Crippen LogP contribution is -2.25. The van der Waals surface area contributed by atoms with Crippen molar-refractivity contribution in [1.29, 1.82) is 0 Å². The van der Waals surface area contributed by atoms with Crippen LogP contribution in [0.25, 0.3) is 0 Å². The van der Waals surface area contributed by atoms with Crippen LogP contribution in [0, 0.1) is 29.4 Å². The molecule has 2 aromatic rings. The molecule has 3 fully saturated rings. The van der Waals surface area contributed by atoms with Gasteiger partial charge in [-0.15, -0.1) is 0 Å². The first-order valence-electron chi connectivity index (χ1n) is 17.6. The normalized spacial score (nSPS) is 29.0. The van der Waals surface area contributed by atoms with Gasteiger partial charge in [0.25, 0.3) is 0 Å². The quantitative estimate of drug-likeness (QED) is 0.239. The van der Waals surface area contributed by atoms with E-state index in [1.54, 1.807) is 6.07 Å². The Morgan fingerprint density at radius 1 is 0.561 bits per heavy atom. The molecule has 41 heavy (non-hydrogen) atoms. The van der Waals surface area contributed by atoms with Crippen molar-refractivity contribution < 1.29 is 8.78 Å². The Hall–Kier alpha value is -1.70. The first-order chi connectivity index (χ1) is 20.1. The molecule has 0 N–H and O–H groups in total. The van der Waals surface area contributed by atoms with E-state index in [9.17, 15) is 4.39 Å². The van der Waals surface area contributed by atoms with E-state index in [-0.39, 0.29) is 11.6 Å². The van der Waals surface area contributed by atoms with Gasteiger partial charge >= 0.3 is 0 Å². The van der Waals surface area contributed by atoms with Gasteiger partial charge < -0.3 is 0 Å². The Kier molecular flexibility index (Phi) is 11.4. The van der Waals surface area contributed by atoms with Crippen LogP contribution >= 0.6 is 0 Å². The van der Waals surface area contributed by atoms with E-state index in [2.05, 4.69) is 32.0 Å². The van der Waals surface area contributed by atoms with Crippen LogP contribution in [0.15, 0.2) is 36.4 Å². The van der Waals surface area contributed by atoms with Crippen molar-refractivity contribution in [3.63, 3.8) is 0 Å². The summed E-state index contributed by atoms with van der Waals surface area (Å²) < 4.78 is 30.1. The third-order valence-corrected chi connectivity index (χ3v) is 11.6. The molecule has 3 saturated carbocycles. The highest BCUT2D eigenvalue weighted by Gasteiger charge is 2.32. The van der Waals surface area contributed by atoms with Gasteiger partial charge in [-0.1, -0.05) is 83.1 Å². The Labute approximate surface area is 250 Å². The summed E-state index contributed by atoms with van der Waals surface area (Å²) in [7, 11) is 0. The van der Waals surface area contributed by atoms with Gasteiger partial charge in [0, 0.05) is 0 Å². The standard InChI is InChI=1S/C39H56F2/c1-3-5-7-8-28-10-12-29(13-11-28)30-14-16-31(17-15-30)36-24-25-37(39(41)27-36)33-20-18-32(19-21-33)35-23-22-34(9-6-4-2)38(40)26-35/h22-33H,3-21H2,1-2H3. The number of benzene rings is 2. The van der Waals surface area contributed by atoms with Gasteiger partial charge in [-0.05, 0) is 147 Å². The molecule has 0 bridgehead atoms. The summed E-state index contributed by atoms with van der Waals surface area (Å²) >= 11 is 0. The van der Waals surface area contributed by atoms with Crippen molar-refractivity contribution in [1.82, 2.24) is 0 Å². The van der Waals surface area contributed by atoms with E-state index < -0.39 is 0 Å². The van der Waals surface area contributed by atoms with E-state index in [1.807, 2.05) is 12.1 Å². The van der Waals surface area contributed by atoms with Crippen LogP contribution in [0.3, 0.4) is 0 Å². The van der Waals surface area contributed by atoms with E-state index in [4.69, 9.17) is 0 Å². The second kappa shape index (κ2) is 15.2. The molecule has 2 aromatic carbocycles. The molecule has 0 saturated heterocycles. The van der Waals surface area contributed by atoms with Gasteiger partial charge in [0.1, 0.15) is 11.6 Å². The van der Waals surface area contributed by atoms with Crippen LogP contribution in [0.5, 0.6) is 0 Å². The summed E-state index contributed by atoms with van der Waals surface area (Å²) in [6.07, 6.45) is 23.6. The molecule has 0 aromatic heterocycles. The third-order valence-electron chi connectivity index (χ3n) is 11.6. The molecule has 0 aliphatic heterocycles. The monoisotopic (exact) mass is 562 g/mol. The van der Waals surface area contributed by atoms with Crippen LogP contribution in [0.2, 0.25) is 0 Å². The fourth-order valence-electron chi connectivity index (χ4n) is 8.81. The minimum atomic E-state index is -0.0427. The second-order valence-electron chi connectivity index (χ2n) is 14.2. The maximum Gasteiger partial charge on any atom is 0.126 e. The van der Waals surface area contributed by atoms with Crippen molar-refractivity contribution in [3.8, 4) is 0 Å². The number of hydrogen-bond acceptors (Lipinski definition) is 0. The topological polar surface area (TPSA) is 0 Å². The van der Waals surface area contributed by atoms with Gasteiger partial charge in [0.2, 0.25) is 0 Å². The Morgan fingerprint density at radius 2 is 1.10 bits per heavy atom. The first kappa shape index (κ1) is 30.7. The minimum Gasteiger partial charge on any atom is -0.207 e. The molecule has 0 spiro atoms. The lowest BCUT2D eigenvalue weighted by Gasteiger charge is -2.38. The van der Waals surface area contributed by atoms with Gasteiger partial charge in [0.15, 0.2) is 0 Å². The zero-order valence-corrected chi connectivity index (χ0v) is 26.1. The van der Waals surface area contributed by atoms with Crippen LogP contribution in [0.4, 0.5) is 8.78 Å². The summed E-state index contributed by atoms with van der Waals surface area (Å²) in [4.78, 5) is 0. The molecule has 0 nitrogen and oxygen atoms in total. The lowest BCUT2D eigenvalue weighted by molar-refractivity contribution is 0.155. The summed E-state index contributed by atoms with van der Waals surface area (Å²) in [5, 5.41) is 0. The van der Waals surface area contributed by atoms with Crippen LogP contribution in [-0.4, -0.2) is 0 Å². The van der Waals surface area contributed by atoms with Crippen molar-refractivity contribution in [2.45, 2.75) is 154 Å². The average Bonchev–Trinajstić information content (AvgIpc) is 3.01. The molecule has 3 aliphatic rings. The molecule has 0 amide bonds. The summed E-state index contributed by atoms with van der Waals surface area (Å²) in [6, 6.07) is 12.2. The lowest BCUT2D eigenvalue weighted by atomic mass is 9.68. The predicted octanol–water partition coefficient (Wildman–Crippen LogP) is 12.4. The van der Waals surface area contributed by atoms with Gasteiger partial charge in [-0.25, -0.2) is 8.78 Å². The summed E-state index contributed by atoms with van der Waals surface area (Å²) in [6.45, 7) is 4.45. The molecular weight excluding hydrogens is 506 g/mol. The van der Waals surface area contributed by atoms with Crippen LogP contribution in [-0.2, 0) is 6.42 Å². The van der Waals surface area contributed by atoms with E-state index >= 15 is 4.39 Å². The van der Waals surface area contributed by atoms with Crippen LogP contribution < -0.4 is 0 Å². The highest BCUT2D eigenvalue weighted by atomic mass is 19.1. The molecular formula is C39H56F2. The Morgan fingerprint density at radius 3 is 1.68 bits per heavy atom. The van der Waals surface area contributed by atoms with Crippen LogP contribution in [0.1, 0.15) is 169 Å². The smallest absolute Gasteiger partial charge is 0.126 e. The highest BCUT2D eigenvalue weighted by molar-refractivity contribution is 5.32.